The molecule has 0 radical (unpaired) electrons. The van der Waals surface area contributed by atoms with E-state index in [0.717, 1.165) is 5.56 Å². The Morgan fingerprint density at radius 1 is 1.18 bits per heavy atom. The van der Waals surface area contributed by atoms with Crippen molar-refractivity contribution in [1.82, 2.24) is 0 Å². The summed E-state index contributed by atoms with van der Waals surface area (Å²) >= 11 is 0. The van der Waals surface area contributed by atoms with Crippen LogP contribution in [0.1, 0.15) is 25.5 Å². The summed E-state index contributed by atoms with van der Waals surface area (Å²) in [4.78, 5) is 0. The molecule has 2 N–H and O–H groups in total. The molecule has 0 aliphatic carbocycles. The van der Waals surface area contributed by atoms with Gasteiger partial charge in [0.05, 0.1) is 12.7 Å². The van der Waals surface area contributed by atoms with Gasteiger partial charge in [0.15, 0.2) is 0 Å². The van der Waals surface area contributed by atoms with Crippen molar-refractivity contribution in [3.8, 4) is 5.75 Å². The molecule has 17 heavy (non-hydrogen) atoms. The molecule has 0 aliphatic heterocycles. The fourth-order valence-electron chi connectivity index (χ4n) is 1.45. The van der Waals surface area contributed by atoms with Gasteiger partial charge in [-0.25, -0.2) is 0 Å². The van der Waals surface area contributed by atoms with E-state index < -0.39 is 12.2 Å². The van der Waals surface area contributed by atoms with Gasteiger partial charge in [0, 0.05) is 12.2 Å². The Morgan fingerprint density at radius 3 is 2.53 bits per heavy atom. The predicted molar refractivity (Wildman–Crippen MR) is 65.1 cm³/mol. The second kappa shape index (κ2) is 7.27. The molecule has 4 nitrogen and oxygen atoms in total. The van der Waals surface area contributed by atoms with Crippen LogP contribution < -0.4 is 4.74 Å². The van der Waals surface area contributed by atoms with E-state index in [1.54, 1.807) is 19.1 Å². The van der Waals surface area contributed by atoms with Gasteiger partial charge in [-0.1, -0.05) is 18.2 Å². The van der Waals surface area contributed by atoms with E-state index in [-0.39, 0.29) is 13.2 Å². The summed E-state index contributed by atoms with van der Waals surface area (Å²) in [6.07, 6.45) is -1.24. The maximum Gasteiger partial charge on any atom is 0.125 e. The lowest BCUT2D eigenvalue weighted by Crippen LogP contribution is -2.23. The zero-order chi connectivity index (χ0) is 12.7. The fraction of sp³-hybridized carbons (Fsp3) is 0.538. The summed E-state index contributed by atoms with van der Waals surface area (Å²) in [5.74, 6) is 0.595. The van der Waals surface area contributed by atoms with Gasteiger partial charge >= 0.3 is 0 Å². The molecule has 0 aromatic heterocycles. The highest BCUT2D eigenvalue weighted by Crippen LogP contribution is 2.24. The van der Waals surface area contributed by atoms with Gasteiger partial charge in [0.1, 0.15) is 18.5 Å². The molecule has 96 valence electrons. The molecule has 0 saturated heterocycles. The number of hydrogen-bond acceptors (Lipinski definition) is 4. The SMILES string of the molecule is CCOCC(O)COc1ccccc1[C@@H](C)O. The van der Waals surface area contributed by atoms with Crippen LogP contribution in [0, 0.1) is 0 Å². The third-order valence-corrected chi connectivity index (χ3v) is 2.31. The van der Waals surface area contributed by atoms with Gasteiger partial charge in [-0.15, -0.1) is 0 Å². The summed E-state index contributed by atoms with van der Waals surface area (Å²) in [6.45, 7) is 4.54. The quantitative estimate of drug-likeness (QED) is 0.758. The van der Waals surface area contributed by atoms with Crippen LogP contribution in [0.25, 0.3) is 0 Å². The topological polar surface area (TPSA) is 58.9 Å². The lowest BCUT2D eigenvalue weighted by Gasteiger charge is -2.16. The zero-order valence-electron chi connectivity index (χ0n) is 10.3. The summed E-state index contributed by atoms with van der Waals surface area (Å²) in [5.41, 5.74) is 0.719. The van der Waals surface area contributed by atoms with Crippen LogP contribution in [0.2, 0.25) is 0 Å². The maximum absolute atomic E-state index is 9.56. The molecule has 0 saturated carbocycles. The first-order valence-electron chi connectivity index (χ1n) is 5.80. The van der Waals surface area contributed by atoms with E-state index in [1.165, 1.54) is 0 Å². The van der Waals surface area contributed by atoms with E-state index in [1.807, 2.05) is 19.1 Å². The van der Waals surface area contributed by atoms with E-state index >= 15 is 0 Å². The molecule has 2 atom stereocenters. The van der Waals surface area contributed by atoms with Crippen LogP contribution >= 0.6 is 0 Å². The molecule has 0 spiro atoms. The van der Waals surface area contributed by atoms with Crippen molar-refractivity contribution in [3.05, 3.63) is 29.8 Å². The third-order valence-electron chi connectivity index (χ3n) is 2.31. The number of aliphatic hydroxyl groups is 2. The normalized spacial score (nSPS) is 14.4. The average molecular weight is 240 g/mol. The van der Waals surface area contributed by atoms with Crippen molar-refractivity contribution in [2.24, 2.45) is 0 Å². The Hall–Kier alpha value is -1.10. The highest BCUT2D eigenvalue weighted by molar-refractivity contribution is 5.34. The second-order valence-electron chi connectivity index (χ2n) is 3.84. The van der Waals surface area contributed by atoms with Crippen LogP contribution in [0.15, 0.2) is 24.3 Å². The van der Waals surface area contributed by atoms with Gasteiger partial charge in [-0.05, 0) is 19.9 Å². The summed E-state index contributed by atoms with van der Waals surface area (Å²) in [7, 11) is 0. The van der Waals surface area contributed by atoms with E-state index in [4.69, 9.17) is 9.47 Å². The van der Waals surface area contributed by atoms with Gasteiger partial charge in [-0.3, -0.25) is 0 Å². The minimum atomic E-state index is -0.656. The van der Waals surface area contributed by atoms with Crippen molar-refractivity contribution in [1.29, 1.82) is 0 Å². The number of aliphatic hydroxyl groups excluding tert-OH is 2. The maximum atomic E-state index is 9.56. The van der Waals surface area contributed by atoms with Crippen LogP contribution in [0.4, 0.5) is 0 Å². The van der Waals surface area contributed by atoms with Gasteiger partial charge < -0.3 is 19.7 Å². The van der Waals surface area contributed by atoms with Crippen molar-refractivity contribution < 1.29 is 19.7 Å². The van der Waals surface area contributed by atoms with Crippen LogP contribution in [0.5, 0.6) is 5.75 Å². The minimum Gasteiger partial charge on any atom is -0.490 e. The van der Waals surface area contributed by atoms with Gasteiger partial charge in [-0.2, -0.15) is 0 Å². The standard InChI is InChI=1S/C13H20O4/c1-3-16-8-11(15)9-17-13-7-5-4-6-12(13)10(2)14/h4-7,10-11,14-15H,3,8-9H2,1-2H3/t10-,11?/m1/s1. The smallest absolute Gasteiger partial charge is 0.125 e. The number of rotatable bonds is 7. The Morgan fingerprint density at radius 2 is 1.88 bits per heavy atom. The molecule has 0 bridgehead atoms. The molecule has 1 aromatic rings. The first-order valence-corrected chi connectivity index (χ1v) is 5.80. The average Bonchev–Trinajstić information content (AvgIpc) is 2.34. The van der Waals surface area contributed by atoms with E-state index in [2.05, 4.69) is 0 Å². The summed E-state index contributed by atoms with van der Waals surface area (Å²) in [5, 5.41) is 19.1. The van der Waals surface area contributed by atoms with Crippen LogP contribution in [-0.4, -0.2) is 36.1 Å². The first kappa shape index (κ1) is 14.0. The number of hydrogen-bond donors (Lipinski definition) is 2. The molecular formula is C13H20O4. The zero-order valence-corrected chi connectivity index (χ0v) is 10.3. The van der Waals surface area contributed by atoms with Gasteiger partial charge in [0.2, 0.25) is 0 Å². The fourth-order valence-corrected chi connectivity index (χ4v) is 1.45. The highest BCUT2D eigenvalue weighted by Gasteiger charge is 2.10. The lowest BCUT2D eigenvalue weighted by atomic mass is 10.1. The number of para-hydroxylation sites is 1. The largest absolute Gasteiger partial charge is 0.490 e. The summed E-state index contributed by atoms with van der Waals surface area (Å²) in [6, 6.07) is 7.24. The number of ether oxygens (including phenoxy) is 2. The van der Waals surface area contributed by atoms with Crippen molar-refractivity contribution in [3.63, 3.8) is 0 Å². The molecule has 0 amide bonds. The number of benzene rings is 1. The molecule has 4 heteroatoms. The lowest BCUT2D eigenvalue weighted by molar-refractivity contribution is 0.0158. The molecule has 1 rings (SSSR count). The molecule has 1 aromatic carbocycles. The molecule has 0 heterocycles. The molecule has 0 fully saturated rings. The molecule has 0 aliphatic rings. The Labute approximate surface area is 102 Å². The monoisotopic (exact) mass is 240 g/mol. The Balaban J connectivity index is 2.51. The van der Waals surface area contributed by atoms with Crippen molar-refractivity contribution in [2.75, 3.05) is 19.8 Å². The Kier molecular flexibility index (Phi) is 5.97. The predicted octanol–water partition coefficient (Wildman–Crippen LogP) is 1.52. The highest BCUT2D eigenvalue weighted by atomic mass is 16.5. The minimum absolute atomic E-state index is 0.156. The second-order valence-corrected chi connectivity index (χ2v) is 3.84. The van der Waals surface area contributed by atoms with Crippen molar-refractivity contribution in [2.45, 2.75) is 26.1 Å². The molecule has 1 unspecified atom stereocenters. The van der Waals surface area contributed by atoms with Crippen molar-refractivity contribution >= 4 is 0 Å². The van der Waals surface area contributed by atoms with Crippen LogP contribution in [0.3, 0.4) is 0 Å². The Bertz CT molecular complexity index is 325. The van der Waals surface area contributed by atoms with Gasteiger partial charge in [0.25, 0.3) is 0 Å². The van der Waals surface area contributed by atoms with E-state index in [9.17, 15) is 10.2 Å². The summed E-state index contributed by atoms with van der Waals surface area (Å²) < 4.78 is 10.5. The third kappa shape index (κ3) is 4.73. The van der Waals surface area contributed by atoms with E-state index in [0.29, 0.717) is 12.4 Å². The first-order chi connectivity index (χ1) is 8.15. The molecular weight excluding hydrogens is 220 g/mol. The van der Waals surface area contributed by atoms with Crippen LogP contribution in [-0.2, 0) is 4.74 Å².